The molecule has 2 atom stereocenters. The third kappa shape index (κ3) is 3.49. The van der Waals surface area contributed by atoms with Crippen LogP contribution in [0.1, 0.15) is 28.9 Å². The molecule has 0 fully saturated rings. The topological polar surface area (TPSA) is 66.4 Å². The van der Waals surface area contributed by atoms with E-state index in [1.807, 2.05) is 0 Å². The van der Waals surface area contributed by atoms with E-state index < -0.39 is 29.7 Å². The van der Waals surface area contributed by atoms with Crippen LogP contribution in [0.4, 0.5) is 4.39 Å². The molecule has 0 heterocycles. The van der Waals surface area contributed by atoms with Crippen LogP contribution in [0.3, 0.4) is 0 Å². The molecule has 0 radical (unpaired) electrons. The van der Waals surface area contributed by atoms with Crippen LogP contribution in [-0.2, 0) is 4.79 Å². The molecular weight excluding hydrogens is 285 g/mol. The monoisotopic (exact) mass is 301 g/mol. The van der Waals surface area contributed by atoms with Crippen molar-refractivity contribution in [2.24, 2.45) is 5.92 Å². The zero-order chi connectivity index (χ0) is 16.1. The lowest BCUT2D eigenvalue weighted by molar-refractivity contribution is -0.142. The molecule has 4 nitrogen and oxygen atoms in total. The first-order valence-corrected chi connectivity index (χ1v) is 6.84. The highest BCUT2D eigenvalue weighted by atomic mass is 19.1. The fraction of sp³-hybridized carbons (Fsp3) is 0.176. The number of amides is 1. The number of hydrogen-bond acceptors (Lipinski definition) is 2. The lowest BCUT2D eigenvalue weighted by Gasteiger charge is -2.23. The number of aliphatic carboxylic acids is 1. The van der Waals surface area contributed by atoms with Gasteiger partial charge in [0.1, 0.15) is 5.82 Å². The van der Waals surface area contributed by atoms with Crippen molar-refractivity contribution in [1.29, 1.82) is 0 Å². The number of halogens is 1. The first-order valence-electron chi connectivity index (χ1n) is 6.84. The summed E-state index contributed by atoms with van der Waals surface area (Å²) in [5.74, 6) is -3.17. The maximum atomic E-state index is 13.7. The molecule has 0 aliphatic carbocycles. The molecule has 114 valence electrons. The number of hydrogen-bond donors (Lipinski definition) is 2. The number of carbonyl (C=O) groups is 2. The van der Waals surface area contributed by atoms with E-state index in [-0.39, 0.29) is 5.56 Å². The van der Waals surface area contributed by atoms with Gasteiger partial charge in [0.25, 0.3) is 5.91 Å². The van der Waals surface area contributed by atoms with E-state index in [1.165, 1.54) is 25.1 Å². The van der Waals surface area contributed by atoms with E-state index in [9.17, 15) is 19.1 Å². The summed E-state index contributed by atoms with van der Waals surface area (Å²) in [4.78, 5) is 23.5. The highest BCUT2D eigenvalue weighted by Crippen LogP contribution is 2.23. The van der Waals surface area contributed by atoms with Crippen LogP contribution in [-0.4, -0.2) is 17.0 Å². The Morgan fingerprint density at radius 1 is 1.05 bits per heavy atom. The fourth-order valence-corrected chi connectivity index (χ4v) is 2.16. The van der Waals surface area contributed by atoms with Crippen LogP contribution in [0.25, 0.3) is 0 Å². The van der Waals surface area contributed by atoms with Gasteiger partial charge in [0.05, 0.1) is 17.5 Å². The van der Waals surface area contributed by atoms with Gasteiger partial charge in [0.15, 0.2) is 0 Å². The van der Waals surface area contributed by atoms with E-state index in [4.69, 9.17) is 0 Å². The summed E-state index contributed by atoms with van der Waals surface area (Å²) in [5.41, 5.74) is 0.545. The maximum Gasteiger partial charge on any atom is 0.308 e. The molecule has 0 saturated carbocycles. The maximum absolute atomic E-state index is 13.7. The Kier molecular flexibility index (Phi) is 4.88. The predicted molar refractivity (Wildman–Crippen MR) is 79.8 cm³/mol. The Morgan fingerprint density at radius 2 is 1.64 bits per heavy atom. The highest BCUT2D eigenvalue weighted by molar-refractivity contribution is 5.95. The van der Waals surface area contributed by atoms with E-state index in [2.05, 4.69) is 5.32 Å². The van der Waals surface area contributed by atoms with Gasteiger partial charge in [-0.1, -0.05) is 42.5 Å². The summed E-state index contributed by atoms with van der Waals surface area (Å²) in [5, 5.41) is 11.8. The molecule has 22 heavy (non-hydrogen) atoms. The summed E-state index contributed by atoms with van der Waals surface area (Å²) in [6.07, 6.45) is 0. The zero-order valence-corrected chi connectivity index (χ0v) is 12.0. The summed E-state index contributed by atoms with van der Waals surface area (Å²) < 4.78 is 13.7. The number of carboxylic acid groups (broad SMARTS) is 1. The van der Waals surface area contributed by atoms with Crippen molar-refractivity contribution < 1.29 is 19.1 Å². The van der Waals surface area contributed by atoms with Crippen LogP contribution in [0, 0.1) is 11.7 Å². The van der Waals surface area contributed by atoms with E-state index in [0.717, 1.165) is 0 Å². The predicted octanol–water partition coefficient (Wildman–Crippen LogP) is 3.02. The average molecular weight is 301 g/mol. The minimum absolute atomic E-state index is 0.110. The van der Waals surface area contributed by atoms with E-state index in [1.54, 1.807) is 36.4 Å². The van der Waals surface area contributed by atoms with Gasteiger partial charge in [0, 0.05) is 0 Å². The standard InChI is InChI=1S/C17H16FNO3/c1-11(17(21)22)15(12-7-3-2-4-8-12)19-16(20)13-9-5-6-10-14(13)18/h2-11,15H,1H3,(H,19,20)(H,21,22)/t11-,15+/m0/s1. The van der Waals surface area contributed by atoms with Crippen molar-refractivity contribution in [1.82, 2.24) is 5.32 Å². The Morgan fingerprint density at radius 3 is 2.23 bits per heavy atom. The van der Waals surface area contributed by atoms with Gasteiger partial charge in [-0.3, -0.25) is 9.59 Å². The first kappa shape index (κ1) is 15.7. The minimum Gasteiger partial charge on any atom is -0.481 e. The van der Waals surface area contributed by atoms with Crippen molar-refractivity contribution in [3.63, 3.8) is 0 Å². The number of nitrogens with one attached hydrogen (secondary N) is 1. The molecule has 1 amide bonds. The van der Waals surface area contributed by atoms with Crippen LogP contribution >= 0.6 is 0 Å². The molecule has 5 heteroatoms. The van der Waals surface area contributed by atoms with Crippen LogP contribution in [0.15, 0.2) is 54.6 Å². The molecular formula is C17H16FNO3. The van der Waals surface area contributed by atoms with Crippen LogP contribution in [0.5, 0.6) is 0 Å². The molecule has 2 rings (SSSR count). The number of carboxylic acids is 1. The summed E-state index contributed by atoms with van der Waals surface area (Å²) in [6, 6.07) is 13.6. The van der Waals surface area contributed by atoms with Gasteiger partial charge in [0.2, 0.25) is 0 Å². The molecule has 0 bridgehead atoms. The molecule has 2 aromatic rings. The fourth-order valence-electron chi connectivity index (χ4n) is 2.16. The quantitative estimate of drug-likeness (QED) is 0.892. The second-order valence-corrected chi connectivity index (χ2v) is 4.97. The van der Waals surface area contributed by atoms with Crippen molar-refractivity contribution in [3.05, 3.63) is 71.5 Å². The zero-order valence-electron chi connectivity index (χ0n) is 12.0. The largest absolute Gasteiger partial charge is 0.481 e. The smallest absolute Gasteiger partial charge is 0.308 e. The molecule has 2 N–H and O–H groups in total. The van der Waals surface area contributed by atoms with Crippen LogP contribution in [0.2, 0.25) is 0 Å². The lowest BCUT2D eigenvalue weighted by atomic mass is 9.94. The van der Waals surface area contributed by atoms with Gasteiger partial charge in [-0.15, -0.1) is 0 Å². The van der Waals surface area contributed by atoms with E-state index >= 15 is 0 Å². The lowest BCUT2D eigenvalue weighted by Crippen LogP contribution is -2.36. The third-order valence-corrected chi connectivity index (χ3v) is 3.45. The normalized spacial score (nSPS) is 13.2. The van der Waals surface area contributed by atoms with Gasteiger partial charge in [-0.05, 0) is 24.6 Å². The van der Waals surface area contributed by atoms with Crippen molar-refractivity contribution in [2.45, 2.75) is 13.0 Å². The first-order chi connectivity index (χ1) is 10.5. The summed E-state index contributed by atoms with van der Waals surface area (Å²) in [7, 11) is 0. The molecule has 0 aromatic heterocycles. The molecule has 0 aliphatic rings. The second-order valence-electron chi connectivity index (χ2n) is 4.97. The minimum atomic E-state index is -1.04. The highest BCUT2D eigenvalue weighted by Gasteiger charge is 2.27. The summed E-state index contributed by atoms with van der Waals surface area (Å²) >= 11 is 0. The Balaban J connectivity index is 2.29. The molecule has 0 unspecified atom stereocenters. The molecule has 0 spiro atoms. The number of benzene rings is 2. The third-order valence-electron chi connectivity index (χ3n) is 3.45. The van der Waals surface area contributed by atoms with Gasteiger partial charge in [-0.25, -0.2) is 4.39 Å². The van der Waals surface area contributed by atoms with Gasteiger partial charge >= 0.3 is 5.97 Å². The Hall–Kier alpha value is -2.69. The Bertz CT molecular complexity index is 673. The second kappa shape index (κ2) is 6.85. The van der Waals surface area contributed by atoms with Crippen LogP contribution < -0.4 is 5.32 Å². The van der Waals surface area contributed by atoms with Gasteiger partial charge < -0.3 is 10.4 Å². The molecule has 2 aromatic carbocycles. The Labute approximate surface area is 127 Å². The molecule has 0 saturated heterocycles. The SMILES string of the molecule is C[C@H](C(=O)O)[C@@H](NC(=O)c1ccccc1F)c1ccccc1. The van der Waals surface area contributed by atoms with Crippen molar-refractivity contribution in [3.8, 4) is 0 Å². The number of rotatable bonds is 5. The number of carbonyl (C=O) groups excluding carboxylic acids is 1. The van der Waals surface area contributed by atoms with Crippen molar-refractivity contribution in [2.75, 3.05) is 0 Å². The van der Waals surface area contributed by atoms with Gasteiger partial charge in [-0.2, -0.15) is 0 Å². The summed E-state index contributed by atoms with van der Waals surface area (Å²) in [6.45, 7) is 1.50. The average Bonchev–Trinajstić information content (AvgIpc) is 2.53. The van der Waals surface area contributed by atoms with E-state index in [0.29, 0.717) is 5.56 Å². The van der Waals surface area contributed by atoms with Crippen molar-refractivity contribution >= 4 is 11.9 Å². The molecule has 0 aliphatic heterocycles.